The van der Waals surface area contributed by atoms with Gasteiger partial charge in [-0.05, 0) is 30.5 Å². The van der Waals surface area contributed by atoms with Gasteiger partial charge in [-0.2, -0.15) is 0 Å². The predicted molar refractivity (Wildman–Crippen MR) is 65.6 cm³/mol. The van der Waals surface area contributed by atoms with E-state index in [2.05, 4.69) is 0 Å². The first-order valence-electron chi connectivity index (χ1n) is 5.44. The van der Waals surface area contributed by atoms with Gasteiger partial charge in [0, 0.05) is 12.0 Å². The van der Waals surface area contributed by atoms with Crippen molar-refractivity contribution in [3.05, 3.63) is 33.6 Å². The fraction of sp³-hybridized carbons (Fsp3) is 0.500. The molecule has 4 heteroatoms. The lowest BCUT2D eigenvalue weighted by molar-refractivity contribution is 0.452. The van der Waals surface area contributed by atoms with Crippen molar-refractivity contribution in [3.63, 3.8) is 0 Å². The third-order valence-corrected chi connectivity index (χ3v) is 4.10. The highest BCUT2D eigenvalue weighted by molar-refractivity contribution is 6.35. The lowest BCUT2D eigenvalue weighted by Crippen LogP contribution is -2.32. The van der Waals surface area contributed by atoms with Gasteiger partial charge >= 0.3 is 0 Å². The van der Waals surface area contributed by atoms with Gasteiger partial charge in [-0.15, -0.1) is 0 Å². The molecule has 0 heterocycles. The first-order valence-corrected chi connectivity index (χ1v) is 6.20. The molecule has 1 aromatic carbocycles. The maximum absolute atomic E-state index is 13.3. The van der Waals surface area contributed by atoms with Gasteiger partial charge in [0.05, 0.1) is 10.0 Å². The quantitative estimate of drug-likeness (QED) is 0.803. The average Bonchev–Trinajstić information content (AvgIpc) is 2.75. The normalized spacial score (nSPS) is 19.0. The number of nitrogens with two attached hydrogens (primary N) is 1. The molecule has 2 rings (SSSR count). The van der Waals surface area contributed by atoms with E-state index in [1.807, 2.05) is 0 Å². The molecule has 1 fully saturated rings. The van der Waals surface area contributed by atoms with Crippen LogP contribution in [0.5, 0.6) is 0 Å². The fourth-order valence-electron chi connectivity index (χ4n) is 2.52. The molecule has 0 saturated heterocycles. The van der Waals surface area contributed by atoms with Crippen LogP contribution >= 0.6 is 23.2 Å². The van der Waals surface area contributed by atoms with E-state index in [1.54, 1.807) is 12.1 Å². The van der Waals surface area contributed by atoms with Crippen LogP contribution in [-0.4, -0.2) is 6.54 Å². The van der Waals surface area contributed by atoms with Crippen molar-refractivity contribution >= 4 is 23.2 Å². The van der Waals surface area contributed by atoms with Gasteiger partial charge in [0.25, 0.3) is 0 Å². The molecule has 1 aromatic rings. The molecule has 1 aliphatic rings. The van der Waals surface area contributed by atoms with E-state index in [1.165, 1.54) is 0 Å². The molecule has 0 atom stereocenters. The van der Waals surface area contributed by atoms with Crippen molar-refractivity contribution in [3.8, 4) is 0 Å². The van der Waals surface area contributed by atoms with Crippen molar-refractivity contribution in [2.45, 2.75) is 31.1 Å². The van der Waals surface area contributed by atoms with Gasteiger partial charge in [-0.25, -0.2) is 4.39 Å². The zero-order chi connectivity index (χ0) is 11.8. The summed E-state index contributed by atoms with van der Waals surface area (Å²) in [6, 6.07) is 3.34. The monoisotopic (exact) mass is 261 g/mol. The second kappa shape index (κ2) is 4.52. The molecule has 0 aliphatic heterocycles. The summed E-state index contributed by atoms with van der Waals surface area (Å²) >= 11 is 11.6. The van der Waals surface area contributed by atoms with Crippen LogP contribution in [0, 0.1) is 5.82 Å². The van der Waals surface area contributed by atoms with E-state index in [-0.39, 0.29) is 15.5 Å². The standard InChI is InChI=1S/C12H14Cl2FN/c13-9-5-8(6-10(14)11(9)15)12(7-16)3-1-2-4-12/h5-6H,1-4,7,16H2. The Labute approximate surface area is 105 Å². The van der Waals surface area contributed by atoms with Gasteiger partial charge in [0.1, 0.15) is 0 Å². The third-order valence-electron chi connectivity index (χ3n) is 3.55. The van der Waals surface area contributed by atoms with Crippen LogP contribution in [0.3, 0.4) is 0 Å². The molecule has 88 valence electrons. The Hall–Kier alpha value is -0.310. The number of benzene rings is 1. The van der Waals surface area contributed by atoms with Crippen molar-refractivity contribution in [2.75, 3.05) is 6.54 Å². The van der Waals surface area contributed by atoms with Gasteiger partial charge in [0.15, 0.2) is 5.82 Å². The fourth-order valence-corrected chi connectivity index (χ4v) is 3.01. The highest BCUT2D eigenvalue weighted by atomic mass is 35.5. The van der Waals surface area contributed by atoms with Crippen LogP contribution in [0.4, 0.5) is 4.39 Å². The summed E-state index contributed by atoms with van der Waals surface area (Å²) in [5.74, 6) is -0.544. The van der Waals surface area contributed by atoms with Crippen molar-refractivity contribution < 1.29 is 4.39 Å². The van der Waals surface area contributed by atoms with Gasteiger partial charge in [-0.1, -0.05) is 36.0 Å². The minimum absolute atomic E-state index is 0.0546. The van der Waals surface area contributed by atoms with E-state index in [9.17, 15) is 4.39 Å². The van der Waals surface area contributed by atoms with Crippen LogP contribution in [0.2, 0.25) is 10.0 Å². The Morgan fingerprint density at radius 2 is 1.69 bits per heavy atom. The SMILES string of the molecule is NCC1(c2cc(Cl)c(F)c(Cl)c2)CCCC1. The topological polar surface area (TPSA) is 26.0 Å². The molecule has 0 bridgehead atoms. The summed E-state index contributed by atoms with van der Waals surface area (Å²) < 4.78 is 13.3. The number of hydrogen-bond acceptors (Lipinski definition) is 1. The van der Waals surface area contributed by atoms with Crippen molar-refractivity contribution in [1.82, 2.24) is 0 Å². The molecule has 0 radical (unpaired) electrons. The van der Waals surface area contributed by atoms with Crippen molar-refractivity contribution in [2.24, 2.45) is 5.73 Å². The molecule has 0 amide bonds. The van der Waals surface area contributed by atoms with Crippen LogP contribution in [0.15, 0.2) is 12.1 Å². The number of halogens is 3. The third kappa shape index (κ3) is 1.94. The molecule has 1 nitrogen and oxygen atoms in total. The Bertz CT molecular complexity index is 377. The predicted octanol–water partition coefficient (Wildman–Crippen LogP) is 3.90. The molecule has 2 N–H and O–H groups in total. The maximum atomic E-state index is 13.3. The van der Waals surface area contributed by atoms with Crippen molar-refractivity contribution in [1.29, 1.82) is 0 Å². The minimum atomic E-state index is -0.544. The second-order valence-corrected chi connectivity index (χ2v) is 5.26. The molecule has 1 saturated carbocycles. The number of hydrogen-bond donors (Lipinski definition) is 1. The molecular weight excluding hydrogens is 248 g/mol. The lowest BCUT2D eigenvalue weighted by atomic mass is 9.79. The summed E-state index contributed by atoms with van der Waals surface area (Å²) in [4.78, 5) is 0. The minimum Gasteiger partial charge on any atom is -0.330 e. The summed E-state index contributed by atoms with van der Waals surface area (Å²) in [6.07, 6.45) is 4.37. The van der Waals surface area contributed by atoms with E-state index in [4.69, 9.17) is 28.9 Å². The van der Waals surface area contributed by atoms with E-state index < -0.39 is 5.82 Å². The smallest absolute Gasteiger partial charge is 0.160 e. The number of rotatable bonds is 2. The van der Waals surface area contributed by atoms with Crippen LogP contribution in [0.25, 0.3) is 0 Å². The van der Waals surface area contributed by atoms with E-state index in [0.717, 1.165) is 31.2 Å². The Balaban J connectivity index is 2.47. The molecule has 0 unspecified atom stereocenters. The van der Waals surface area contributed by atoms with Crippen LogP contribution in [-0.2, 0) is 5.41 Å². The summed E-state index contributed by atoms with van der Waals surface area (Å²) in [5.41, 5.74) is 6.78. The highest BCUT2D eigenvalue weighted by Gasteiger charge is 2.35. The van der Waals surface area contributed by atoms with Gasteiger partial charge < -0.3 is 5.73 Å². The zero-order valence-corrected chi connectivity index (χ0v) is 10.4. The molecule has 1 aliphatic carbocycles. The van der Waals surface area contributed by atoms with Crippen LogP contribution < -0.4 is 5.73 Å². The van der Waals surface area contributed by atoms with Gasteiger partial charge in [-0.3, -0.25) is 0 Å². The summed E-state index contributed by atoms with van der Waals surface area (Å²) in [6.45, 7) is 0.561. The van der Waals surface area contributed by atoms with E-state index in [0.29, 0.717) is 6.54 Å². The van der Waals surface area contributed by atoms with Crippen LogP contribution in [0.1, 0.15) is 31.2 Å². The van der Waals surface area contributed by atoms with E-state index >= 15 is 0 Å². The van der Waals surface area contributed by atoms with Gasteiger partial charge in [0.2, 0.25) is 0 Å². The average molecular weight is 262 g/mol. The lowest BCUT2D eigenvalue weighted by Gasteiger charge is -2.28. The largest absolute Gasteiger partial charge is 0.330 e. The molecule has 0 aromatic heterocycles. The molecular formula is C12H14Cl2FN. The maximum Gasteiger partial charge on any atom is 0.160 e. The first kappa shape index (κ1) is 12.2. The Morgan fingerprint density at radius 1 is 1.19 bits per heavy atom. The first-order chi connectivity index (χ1) is 7.59. The highest BCUT2D eigenvalue weighted by Crippen LogP contribution is 2.42. The second-order valence-electron chi connectivity index (χ2n) is 4.45. The molecule has 16 heavy (non-hydrogen) atoms. The Morgan fingerprint density at radius 3 is 2.12 bits per heavy atom. The summed E-state index contributed by atoms with van der Waals surface area (Å²) in [5, 5.41) is 0.171. The Kier molecular flexibility index (Phi) is 3.43. The summed E-state index contributed by atoms with van der Waals surface area (Å²) in [7, 11) is 0. The zero-order valence-electron chi connectivity index (χ0n) is 8.90. The molecule has 0 spiro atoms.